The second kappa shape index (κ2) is 6.27. The number of nitrogens with zero attached hydrogens (tertiary/aromatic N) is 1. The SMILES string of the molecule is CCOc1ccc(NC/C=C/Cl)cn1. The second-order valence-electron chi connectivity index (χ2n) is 2.56. The fourth-order valence-corrected chi connectivity index (χ4v) is 1.03. The highest BCUT2D eigenvalue weighted by Gasteiger charge is 1.93. The van der Waals surface area contributed by atoms with Gasteiger partial charge in [0.25, 0.3) is 0 Å². The maximum Gasteiger partial charge on any atom is 0.213 e. The maximum atomic E-state index is 5.38. The first-order valence-electron chi connectivity index (χ1n) is 4.44. The zero-order valence-electron chi connectivity index (χ0n) is 8.03. The summed E-state index contributed by atoms with van der Waals surface area (Å²) in [5, 5.41) is 3.13. The average molecular weight is 213 g/mol. The third-order valence-electron chi connectivity index (χ3n) is 1.54. The van der Waals surface area contributed by atoms with Crippen LogP contribution < -0.4 is 10.1 Å². The smallest absolute Gasteiger partial charge is 0.213 e. The molecule has 0 spiro atoms. The van der Waals surface area contributed by atoms with E-state index in [0.717, 1.165) is 5.69 Å². The molecular weight excluding hydrogens is 200 g/mol. The molecule has 0 fully saturated rings. The van der Waals surface area contributed by atoms with Crippen molar-refractivity contribution >= 4 is 17.3 Å². The van der Waals surface area contributed by atoms with E-state index in [0.29, 0.717) is 19.0 Å². The van der Waals surface area contributed by atoms with Crippen molar-refractivity contribution < 1.29 is 4.74 Å². The summed E-state index contributed by atoms with van der Waals surface area (Å²) in [6, 6.07) is 3.75. The lowest BCUT2D eigenvalue weighted by Gasteiger charge is -2.04. The van der Waals surface area contributed by atoms with Gasteiger partial charge in [-0.05, 0) is 13.0 Å². The van der Waals surface area contributed by atoms with Crippen LogP contribution in [0.3, 0.4) is 0 Å². The molecule has 1 N–H and O–H groups in total. The van der Waals surface area contributed by atoms with Gasteiger partial charge in [-0.1, -0.05) is 17.7 Å². The Morgan fingerprint density at radius 3 is 3.00 bits per heavy atom. The summed E-state index contributed by atoms with van der Waals surface area (Å²) in [6.07, 6.45) is 3.55. The minimum absolute atomic E-state index is 0.634. The molecule has 4 heteroatoms. The second-order valence-corrected chi connectivity index (χ2v) is 2.81. The Bertz CT molecular complexity index is 285. The number of nitrogens with one attached hydrogen (secondary N) is 1. The molecule has 1 heterocycles. The van der Waals surface area contributed by atoms with Crippen LogP contribution in [0, 0.1) is 0 Å². The van der Waals surface area contributed by atoms with Crippen molar-refractivity contribution in [2.75, 3.05) is 18.5 Å². The fourth-order valence-electron chi connectivity index (χ4n) is 0.939. The van der Waals surface area contributed by atoms with Crippen molar-refractivity contribution in [2.24, 2.45) is 0 Å². The van der Waals surface area contributed by atoms with Crippen LogP contribution in [0.4, 0.5) is 5.69 Å². The number of rotatable bonds is 5. The van der Waals surface area contributed by atoms with Crippen LogP contribution in [0.25, 0.3) is 0 Å². The Hall–Kier alpha value is -1.22. The summed E-state index contributed by atoms with van der Waals surface area (Å²) in [5.74, 6) is 0.644. The lowest BCUT2D eigenvalue weighted by molar-refractivity contribution is 0.327. The van der Waals surface area contributed by atoms with E-state index in [9.17, 15) is 0 Å². The quantitative estimate of drug-likeness (QED) is 0.815. The predicted molar refractivity (Wildman–Crippen MR) is 58.9 cm³/mol. The van der Waals surface area contributed by atoms with E-state index in [4.69, 9.17) is 16.3 Å². The average Bonchev–Trinajstić information content (AvgIpc) is 2.21. The zero-order valence-corrected chi connectivity index (χ0v) is 8.79. The predicted octanol–water partition coefficient (Wildman–Crippen LogP) is 2.64. The Morgan fingerprint density at radius 1 is 1.57 bits per heavy atom. The van der Waals surface area contributed by atoms with Crippen LogP contribution in [0.1, 0.15) is 6.92 Å². The van der Waals surface area contributed by atoms with E-state index in [1.165, 1.54) is 5.54 Å². The molecule has 1 aromatic rings. The molecule has 14 heavy (non-hydrogen) atoms. The van der Waals surface area contributed by atoms with Gasteiger partial charge in [0.2, 0.25) is 5.88 Å². The van der Waals surface area contributed by atoms with Gasteiger partial charge >= 0.3 is 0 Å². The van der Waals surface area contributed by atoms with Gasteiger partial charge in [0.15, 0.2) is 0 Å². The number of anilines is 1. The van der Waals surface area contributed by atoms with E-state index in [1.54, 1.807) is 6.20 Å². The molecule has 0 unspecified atom stereocenters. The fraction of sp³-hybridized carbons (Fsp3) is 0.300. The van der Waals surface area contributed by atoms with Gasteiger partial charge in [-0.2, -0.15) is 0 Å². The number of hydrogen-bond donors (Lipinski definition) is 1. The van der Waals surface area contributed by atoms with Crippen LogP contribution in [0.2, 0.25) is 0 Å². The Morgan fingerprint density at radius 2 is 2.43 bits per heavy atom. The summed E-state index contributed by atoms with van der Waals surface area (Å²) < 4.78 is 5.21. The van der Waals surface area contributed by atoms with Gasteiger partial charge in [-0.25, -0.2) is 4.98 Å². The van der Waals surface area contributed by atoms with E-state index >= 15 is 0 Å². The highest BCUT2D eigenvalue weighted by atomic mass is 35.5. The Labute approximate surface area is 88.8 Å². The molecule has 76 valence electrons. The standard InChI is InChI=1S/C10H13ClN2O/c1-2-14-10-5-4-9(8-13-10)12-7-3-6-11/h3-6,8,12H,2,7H2,1H3/b6-3+. The van der Waals surface area contributed by atoms with Crippen LogP contribution in [0.5, 0.6) is 5.88 Å². The van der Waals surface area contributed by atoms with Crippen molar-refractivity contribution in [1.29, 1.82) is 0 Å². The summed E-state index contributed by atoms with van der Waals surface area (Å²) in [4.78, 5) is 4.11. The van der Waals surface area contributed by atoms with E-state index in [1.807, 2.05) is 25.1 Å². The van der Waals surface area contributed by atoms with Gasteiger partial charge in [0.05, 0.1) is 18.5 Å². The first-order chi connectivity index (χ1) is 6.86. The lowest BCUT2D eigenvalue weighted by atomic mass is 10.4. The molecule has 0 bridgehead atoms. The molecule has 0 saturated heterocycles. The minimum Gasteiger partial charge on any atom is -0.478 e. The minimum atomic E-state index is 0.634. The molecule has 3 nitrogen and oxygen atoms in total. The topological polar surface area (TPSA) is 34.1 Å². The molecule has 1 aromatic heterocycles. The van der Waals surface area contributed by atoms with Gasteiger partial charge in [-0.15, -0.1) is 0 Å². The summed E-state index contributed by atoms with van der Waals surface area (Å²) in [6.45, 7) is 3.26. The highest BCUT2D eigenvalue weighted by molar-refractivity contribution is 6.25. The van der Waals surface area contributed by atoms with Gasteiger partial charge in [0.1, 0.15) is 0 Å². The molecule has 0 saturated carbocycles. The largest absolute Gasteiger partial charge is 0.478 e. The molecular formula is C10H13ClN2O. The van der Waals surface area contributed by atoms with Crippen LogP contribution in [-0.4, -0.2) is 18.1 Å². The number of ether oxygens (including phenoxy) is 1. The molecule has 0 amide bonds. The van der Waals surface area contributed by atoms with Crippen LogP contribution in [-0.2, 0) is 0 Å². The molecule has 0 aromatic carbocycles. The van der Waals surface area contributed by atoms with Crippen molar-refractivity contribution in [2.45, 2.75) is 6.92 Å². The van der Waals surface area contributed by atoms with Crippen molar-refractivity contribution in [3.63, 3.8) is 0 Å². The third-order valence-corrected chi connectivity index (χ3v) is 1.72. The van der Waals surface area contributed by atoms with Crippen LogP contribution in [0.15, 0.2) is 29.9 Å². The van der Waals surface area contributed by atoms with Crippen molar-refractivity contribution in [3.8, 4) is 5.88 Å². The first-order valence-corrected chi connectivity index (χ1v) is 4.88. The summed E-state index contributed by atoms with van der Waals surface area (Å²) in [7, 11) is 0. The molecule has 1 rings (SSSR count). The van der Waals surface area contributed by atoms with Gasteiger partial charge in [-0.3, -0.25) is 0 Å². The number of aromatic nitrogens is 1. The normalized spacial score (nSPS) is 10.4. The number of pyridine rings is 1. The summed E-state index contributed by atoms with van der Waals surface area (Å²) in [5.41, 5.74) is 2.43. The Balaban J connectivity index is 2.46. The zero-order chi connectivity index (χ0) is 10.2. The molecule has 0 atom stereocenters. The lowest BCUT2D eigenvalue weighted by Crippen LogP contribution is -1.99. The number of halogens is 1. The van der Waals surface area contributed by atoms with Crippen molar-refractivity contribution in [1.82, 2.24) is 4.98 Å². The molecule has 0 aliphatic carbocycles. The molecule has 0 aliphatic heterocycles. The highest BCUT2D eigenvalue weighted by Crippen LogP contribution is 2.10. The van der Waals surface area contributed by atoms with E-state index in [2.05, 4.69) is 10.3 Å². The third kappa shape index (κ3) is 3.66. The van der Waals surface area contributed by atoms with Crippen LogP contribution >= 0.6 is 11.6 Å². The van der Waals surface area contributed by atoms with Gasteiger partial charge in [0, 0.05) is 18.1 Å². The molecule has 0 aliphatic rings. The number of hydrogen-bond acceptors (Lipinski definition) is 3. The Kier molecular flexibility index (Phi) is 4.86. The van der Waals surface area contributed by atoms with E-state index < -0.39 is 0 Å². The van der Waals surface area contributed by atoms with Gasteiger partial charge < -0.3 is 10.1 Å². The monoisotopic (exact) mass is 212 g/mol. The van der Waals surface area contributed by atoms with E-state index in [-0.39, 0.29) is 0 Å². The van der Waals surface area contributed by atoms with Crippen molar-refractivity contribution in [3.05, 3.63) is 29.9 Å². The molecule has 0 radical (unpaired) electrons. The summed E-state index contributed by atoms with van der Waals surface area (Å²) >= 11 is 5.38. The maximum absolute atomic E-state index is 5.38. The first kappa shape index (κ1) is 10.9.